The highest BCUT2D eigenvalue weighted by Gasteiger charge is 2.49. The van der Waals surface area contributed by atoms with E-state index in [0.29, 0.717) is 17.3 Å². The average molecular weight is 342 g/mol. The van der Waals surface area contributed by atoms with Gasteiger partial charge in [0, 0.05) is 19.8 Å². The number of anilines is 1. The summed E-state index contributed by atoms with van der Waals surface area (Å²) < 4.78 is 6.41. The number of carbonyl (C=O) groups excluding carboxylic acids is 2. The van der Waals surface area contributed by atoms with Gasteiger partial charge in [0.05, 0.1) is 18.2 Å². The lowest BCUT2D eigenvalue weighted by atomic mass is 9.67. The van der Waals surface area contributed by atoms with E-state index in [1.165, 1.54) is 13.5 Å². The van der Waals surface area contributed by atoms with Crippen LogP contribution in [0.1, 0.15) is 36.2 Å². The molecule has 2 heterocycles. The van der Waals surface area contributed by atoms with Gasteiger partial charge in [0.2, 0.25) is 5.91 Å². The van der Waals surface area contributed by atoms with Gasteiger partial charge in [-0.15, -0.1) is 12.4 Å². The summed E-state index contributed by atoms with van der Waals surface area (Å²) in [5.41, 5.74) is 0.790. The fourth-order valence-corrected chi connectivity index (χ4v) is 3.89. The predicted molar refractivity (Wildman–Crippen MR) is 89.9 cm³/mol. The van der Waals surface area contributed by atoms with Crippen LogP contribution in [0.5, 0.6) is 0 Å². The molecule has 2 N–H and O–H groups in total. The third-order valence-corrected chi connectivity index (χ3v) is 5.15. The van der Waals surface area contributed by atoms with Crippen LogP contribution in [0, 0.1) is 11.3 Å². The Labute approximate surface area is 142 Å². The van der Waals surface area contributed by atoms with Crippen molar-refractivity contribution in [3.8, 4) is 0 Å². The van der Waals surface area contributed by atoms with Crippen molar-refractivity contribution in [1.82, 2.24) is 9.88 Å². The van der Waals surface area contributed by atoms with Gasteiger partial charge in [-0.25, -0.2) is 4.79 Å². The second-order valence-corrected chi connectivity index (χ2v) is 6.40. The number of aromatic nitrogens is 1. The van der Waals surface area contributed by atoms with Crippen LogP contribution in [-0.4, -0.2) is 36.6 Å². The molecule has 23 heavy (non-hydrogen) atoms. The van der Waals surface area contributed by atoms with Crippen LogP contribution in [0.3, 0.4) is 0 Å². The Hall–Kier alpha value is -1.53. The molecule has 7 heteroatoms. The van der Waals surface area contributed by atoms with Gasteiger partial charge >= 0.3 is 5.97 Å². The van der Waals surface area contributed by atoms with Crippen LogP contribution in [0.2, 0.25) is 0 Å². The molecule has 0 spiro atoms. The number of nitrogens with zero attached hydrogens (tertiary/aromatic N) is 1. The van der Waals surface area contributed by atoms with Gasteiger partial charge in [-0.1, -0.05) is 12.8 Å². The number of aryl methyl sites for hydroxylation is 1. The Morgan fingerprint density at radius 1 is 1.43 bits per heavy atom. The van der Waals surface area contributed by atoms with Crippen molar-refractivity contribution in [2.45, 2.75) is 25.7 Å². The lowest BCUT2D eigenvalue weighted by molar-refractivity contribution is -0.128. The van der Waals surface area contributed by atoms with Crippen LogP contribution in [0.25, 0.3) is 0 Å². The van der Waals surface area contributed by atoms with E-state index in [1.807, 2.05) is 0 Å². The Kier molecular flexibility index (Phi) is 5.37. The Morgan fingerprint density at radius 3 is 2.96 bits per heavy atom. The van der Waals surface area contributed by atoms with Gasteiger partial charge in [0.25, 0.3) is 0 Å². The molecule has 3 rings (SSSR count). The summed E-state index contributed by atoms with van der Waals surface area (Å²) >= 11 is 0. The van der Waals surface area contributed by atoms with E-state index in [-0.39, 0.29) is 23.7 Å². The first-order valence-corrected chi connectivity index (χ1v) is 7.84. The van der Waals surface area contributed by atoms with Crippen molar-refractivity contribution in [2.75, 3.05) is 25.5 Å². The predicted octanol–water partition coefficient (Wildman–Crippen LogP) is 1.95. The topological polar surface area (TPSA) is 72.4 Å². The summed E-state index contributed by atoms with van der Waals surface area (Å²) in [6, 6.07) is 1.67. The zero-order chi connectivity index (χ0) is 15.7. The summed E-state index contributed by atoms with van der Waals surface area (Å²) in [7, 11) is 3.12. The summed E-state index contributed by atoms with van der Waals surface area (Å²) in [6.07, 6.45) is 6.11. The van der Waals surface area contributed by atoms with E-state index < -0.39 is 5.97 Å². The molecule has 0 unspecified atom stereocenters. The van der Waals surface area contributed by atoms with Gasteiger partial charge in [-0.05, 0) is 31.4 Å². The van der Waals surface area contributed by atoms with Crippen molar-refractivity contribution < 1.29 is 14.3 Å². The molecule has 1 saturated heterocycles. The number of carbonyl (C=O) groups is 2. The SMILES string of the molecule is COC(=O)c1cc(NC(=O)[C@@]23CCCC[C@H]2CNC3)cn1C.Cl. The molecule has 1 aromatic rings. The van der Waals surface area contributed by atoms with Crippen LogP contribution in [0.4, 0.5) is 5.69 Å². The van der Waals surface area contributed by atoms with E-state index in [1.54, 1.807) is 23.9 Å². The first-order chi connectivity index (χ1) is 10.6. The Bertz CT molecular complexity index is 601. The van der Waals surface area contributed by atoms with Crippen molar-refractivity contribution >= 4 is 30.0 Å². The molecule has 1 saturated carbocycles. The molecule has 128 valence electrons. The van der Waals surface area contributed by atoms with Crippen molar-refractivity contribution in [2.24, 2.45) is 18.4 Å². The van der Waals surface area contributed by atoms with E-state index >= 15 is 0 Å². The fourth-order valence-electron chi connectivity index (χ4n) is 3.89. The molecule has 1 amide bonds. The molecular weight excluding hydrogens is 318 g/mol. The Morgan fingerprint density at radius 2 is 2.22 bits per heavy atom. The molecule has 1 aliphatic carbocycles. The zero-order valence-corrected chi connectivity index (χ0v) is 14.4. The Balaban J connectivity index is 0.00000192. The molecule has 2 aliphatic rings. The molecule has 2 fully saturated rings. The van der Waals surface area contributed by atoms with E-state index in [4.69, 9.17) is 4.74 Å². The second-order valence-electron chi connectivity index (χ2n) is 6.40. The number of rotatable bonds is 3. The third-order valence-electron chi connectivity index (χ3n) is 5.15. The molecule has 0 radical (unpaired) electrons. The van der Waals surface area contributed by atoms with E-state index in [0.717, 1.165) is 32.4 Å². The summed E-state index contributed by atoms with van der Waals surface area (Å²) in [6.45, 7) is 1.68. The van der Waals surface area contributed by atoms with Gasteiger partial charge in [0.1, 0.15) is 5.69 Å². The average Bonchev–Trinajstić information content (AvgIpc) is 3.10. The largest absolute Gasteiger partial charge is 0.464 e. The standard InChI is InChI=1S/C16H23N3O3.ClH/c1-19-9-12(7-13(19)14(20)22-2)18-15(21)16-6-4-3-5-11(16)8-17-10-16;/h7,9,11,17H,3-6,8,10H2,1-2H3,(H,18,21);1H/t11-,16+;/m0./s1. The van der Waals surface area contributed by atoms with E-state index in [9.17, 15) is 9.59 Å². The van der Waals surface area contributed by atoms with Gasteiger partial charge in [-0.3, -0.25) is 4.79 Å². The lowest BCUT2D eigenvalue weighted by Crippen LogP contribution is -2.44. The first-order valence-electron chi connectivity index (χ1n) is 7.84. The van der Waals surface area contributed by atoms with Crippen LogP contribution in [-0.2, 0) is 16.6 Å². The molecule has 1 aromatic heterocycles. The highest BCUT2D eigenvalue weighted by Crippen LogP contribution is 2.44. The number of nitrogens with one attached hydrogen (secondary N) is 2. The van der Waals surface area contributed by atoms with Gasteiger partial charge in [-0.2, -0.15) is 0 Å². The van der Waals surface area contributed by atoms with Crippen molar-refractivity contribution in [3.63, 3.8) is 0 Å². The highest BCUT2D eigenvalue weighted by atomic mass is 35.5. The number of hydrogen-bond donors (Lipinski definition) is 2. The number of esters is 1. The molecular formula is C16H24ClN3O3. The minimum Gasteiger partial charge on any atom is -0.464 e. The maximum absolute atomic E-state index is 12.9. The quantitative estimate of drug-likeness (QED) is 0.824. The summed E-state index contributed by atoms with van der Waals surface area (Å²) in [5.74, 6) is 0.0912. The summed E-state index contributed by atoms with van der Waals surface area (Å²) in [4.78, 5) is 24.5. The number of methoxy groups -OCH3 is 1. The first kappa shape index (κ1) is 17.8. The van der Waals surface area contributed by atoms with Crippen LogP contribution >= 0.6 is 12.4 Å². The van der Waals surface area contributed by atoms with Crippen LogP contribution in [0.15, 0.2) is 12.3 Å². The minimum absolute atomic E-state index is 0. The smallest absolute Gasteiger partial charge is 0.354 e. The van der Waals surface area contributed by atoms with Crippen molar-refractivity contribution in [1.29, 1.82) is 0 Å². The minimum atomic E-state index is -0.403. The second kappa shape index (κ2) is 6.93. The lowest BCUT2D eigenvalue weighted by Gasteiger charge is -2.36. The fraction of sp³-hybridized carbons (Fsp3) is 0.625. The molecule has 0 aromatic carbocycles. The highest BCUT2D eigenvalue weighted by molar-refractivity contribution is 5.97. The zero-order valence-electron chi connectivity index (χ0n) is 13.6. The number of hydrogen-bond acceptors (Lipinski definition) is 4. The normalized spacial score (nSPS) is 26.1. The molecule has 1 aliphatic heterocycles. The van der Waals surface area contributed by atoms with Crippen LogP contribution < -0.4 is 10.6 Å². The van der Waals surface area contributed by atoms with E-state index in [2.05, 4.69) is 10.6 Å². The monoisotopic (exact) mass is 341 g/mol. The maximum atomic E-state index is 12.9. The number of ether oxygens (including phenoxy) is 1. The van der Waals surface area contributed by atoms with Gasteiger partial charge in [0.15, 0.2) is 0 Å². The maximum Gasteiger partial charge on any atom is 0.354 e. The van der Waals surface area contributed by atoms with Crippen molar-refractivity contribution in [3.05, 3.63) is 18.0 Å². The third kappa shape index (κ3) is 3.10. The molecule has 6 nitrogen and oxygen atoms in total. The molecule has 2 atom stereocenters. The number of fused-ring (bicyclic) bond motifs is 1. The molecule has 0 bridgehead atoms. The number of amides is 1. The number of halogens is 1. The summed E-state index contributed by atoms with van der Waals surface area (Å²) in [5, 5.41) is 6.38. The van der Waals surface area contributed by atoms with Gasteiger partial charge < -0.3 is 19.9 Å².